The molecule has 0 aliphatic carbocycles. The molecule has 0 bridgehead atoms. The van der Waals surface area contributed by atoms with Crippen LogP contribution < -0.4 is 20.1 Å². The van der Waals surface area contributed by atoms with E-state index in [-0.39, 0.29) is 17.6 Å². The fourth-order valence-corrected chi connectivity index (χ4v) is 4.85. The molecule has 0 aliphatic rings. The number of hydrogen-bond acceptors (Lipinski definition) is 5. The largest absolute Gasteiger partial charge is 0.497 e. The van der Waals surface area contributed by atoms with E-state index >= 15 is 0 Å². The highest BCUT2D eigenvalue weighted by Crippen LogP contribution is 2.32. The van der Waals surface area contributed by atoms with Crippen LogP contribution >= 0.6 is 11.8 Å². The van der Waals surface area contributed by atoms with Crippen molar-refractivity contribution in [3.63, 3.8) is 0 Å². The van der Waals surface area contributed by atoms with Crippen molar-refractivity contribution in [1.82, 2.24) is 9.88 Å². The number of amides is 2. The number of carbonyl (C=O) groups is 2. The molecule has 3 aromatic carbocycles. The number of aromatic nitrogens is 1. The summed E-state index contributed by atoms with van der Waals surface area (Å²) < 4.78 is 12.7. The lowest BCUT2D eigenvalue weighted by atomic mass is 10.1. The Morgan fingerprint density at radius 1 is 0.972 bits per heavy atom. The van der Waals surface area contributed by atoms with Crippen molar-refractivity contribution in [2.75, 3.05) is 31.8 Å². The first-order valence-corrected chi connectivity index (χ1v) is 12.5. The van der Waals surface area contributed by atoms with E-state index in [0.29, 0.717) is 35.8 Å². The molecule has 4 rings (SSSR count). The highest BCUT2D eigenvalue weighted by molar-refractivity contribution is 8.00. The molecule has 186 valence electrons. The number of thioether (sulfide) groups is 1. The Hall–Kier alpha value is -3.91. The maximum absolute atomic E-state index is 12.7. The zero-order chi connectivity index (χ0) is 25.5. The minimum Gasteiger partial charge on any atom is -0.497 e. The number of benzene rings is 3. The van der Waals surface area contributed by atoms with Crippen LogP contribution in [0, 0.1) is 6.92 Å². The van der Waals surface area contributed by atoms with Gasteiger partial charge in [0.05, 0.1) is 25.7 Å². The molecule has 7 nitrogen and oxygen atoms in total. The molecule has 1 aromatic heterocycles. The van der Waals surface area contributed by atoms with Crippen LogP contribution in [0.5, 0.6) is 11.5 Å². The molecule has 1 heterocycles. The summed E-state index contributed by atoms with van der Waals surface area (Å²) in [6.07, 6.45) is 2.04. The number of nitrogens with one attached hydrogen (secondary N) is 2. The number of hydrogen-bond donors (Lipinski definition) is 2. The SMILES string of the molecule is COc1ccc(NC(=O)CSc2cn(CCNC(=O)c3ccccc3C)c3ccccc23)c(OC)c1. The molecule has 2 amide bonds. The molecule has 0 radical (unpaired) electrons. The van der Waals surface area contributed by atoms with Gasteiger partial charge in [-0.15, -0.1) is 11.8 Å². The number of ether oxygens (including phenoxy) is 2. The van der Waals surface area contributed by atoms with Gasteiger partial charge in [-0.05, 0) is 36.8 Å². The number of para-hydroxylation sites is 1. The molecule has 0 fully saturated rings. The summed E-state index contributed by atoms with van der Waals surface area (Å²) in [6, 6.07) is 20.9. The summed E-state index contributed by atoms with van der Waals surface area (Å²) in [6.45, 7) is 3.04. The van der Waals surface area contributed by atoms with Gasteiger partial charge in [-0.2, -0.15) is 0 Å². The smallest absolute Gasteiger partial charge is 0.251 e. The van der Waals surface area contributed by atoms with E-state index < -0.39 is 0 Å². The number of carbonyl (C=O) groups excluding carboxylic acids is 2. The third kappa shape index (κ3) is 5.83. The Labute approximate surface area is 214 Å². The molecule has 0 saturated heterocycles. The zero-order valence-corrected chi connectivity index (χ0v) is 21.4. The number of rotatable bonds is 10. The molecule has 2 N–H and O–H groups in total. The van der Waals surface area contributed by atoms with E-state index in [1.165, 1.54) is 11.8 Å². The van der Waals surface area contributed by atoms with E-state index in [9.17, 15) is 9.59 Å². The molecular weight excluding hydrogens is 474 g/mol. The average molecular weight is 504 g/mol. The Balaban J connectivity index is 1.40. The van der Waals surface area contributed by atoms with Crippen molar-refractivity contribution in [3.8, 4) is 11.5 Å². The van der Waals surface area contributed by atoms with E-state index in [0.717, 1.165) is 21.4 Å². The molecule has 0 spiro atoms. The highest BCUT2D eigenvalue weighted by Gasteiger charge is 2.14. The van der Waals surface area contributed by atoms with Gasteiger partial charge in [0.2, 0.25) is 5.91 Å². The monoisotopic (exact) mass is 503 g/mol. The van der Waals surface area contributed by atoms with Crippen LogP contribution in [-0.2, 0) is 11.3 Å². The van der Waals surface area contributed by atoms with E-state index in [1.54, 1.807) is 32.4 Å². The second-order valence-electron chi connectivity index (χ2n) is 8.18. The average Bonchev–Trinajstić information content (AvgIpc) is 3.25. The third-order valence-electron chi connectivity index (χ3n) is 5.82. The molecule has 0 unspecified atom stereocenters. The summed E-state index contributed by atoms with van der Waals surface area (Å²) in [5, 5.41) is 6.99. The lowest BCUT2D eigenvalue weighted by Crippen LogP contribution is -2.27. The predicted octanol–water partition coefficient (Wildman–Crippen LogP) is 5.13. The van der Waals surface area contributed by atoms with E-state index in [4.69, 9.17) is 9.47 Å². The molecule has 8 heteroatoms. The fraction of sp³-hybridized carbons (Fsp3) is 0.214. The van der Waals surface area contributed by atoms with Crippen LogP contribution in [0.2, 0.25) is 0 Å². The standard InChI is InChI=1S/C28H29N3O4S/c1-19-8-4-5-9-21(19)28(33)29-14-15-31-17-26(22-10-6-7-11-24(22)31)36-18-27(32)30-23-13-12-20(34-2)16-25(23)35-3/h4-13,16-17H,14-15,18H2,1-3H3,(H,29,33)(H,30,32). The molecule has 0 atom stereocenters. The molecule has 4 aromatic rings. The number of methoxy groups -OCH3 is 2. The predicted molar refractivity (Wildman–Crippen MR) is 144 cm³/mol. The first kappa shape index (κ1) is 25.2. The van der Waals surface area contributed by atoms with Gasteiger partial charge in [0, 0.05) is 46.7 Å². The molecule has 36 heavy (non-hydrogen) atoms. The Kier molecular flexibility index (Phi) is 8.17. The molecule has 0 aliphatic heterocycles. The van der Waals surface area contributed by atoms with Crippen molar-refractivity contribution in [3.05, 3.63) is 84.1 Å². The van der Waals surface area contributed by atoms with Crippen LogP contribution in [0.15, 0.2) is 77.8 Å². The Morgan fingerprint density at radius 3 is 2.53 bits per heavy atom. The maximum atomic E-state index is 12.7. The van der Waals surface area contributed by atoms with Gasteiger partial charge in [0.15, 0.2) is 0 Å². The normalized spacial score (nSPS) is 10.8. The van der Waals surface area contributed by atoms with Crippen LogP contribution in [-0.4, -0.2) is 42.9 Å². The van der Waals surface area contributed by atoms with Crippen molar-refractivity contribution in [2.45, 2.75) is 18.4 Å². The summed E-state index contributed by atoms with van der Waals surface area (Å²) in [7, 11) is 3.13. The number of anilines is 1. The molecular formula is C28H29N3O4S. The van der Waals surface area contributed by atoms with Gasteiger partial charge >= 0.3 is 0 Å². The third-order valence-corrected chi connectivity index (χ3v) is 6.86. The topological polar surface area (TPSA) is 81.6 Å². The van der Waals surface area contributed by atoms with Crippen LogP contribution in [0.3, 0.4) is 0 Å². The van der Waals surface area contributed by atoms with Gasteiger partial charge < -0.3 is 24.7 Å². The van der Waals surface area contributed by atoms with Gasteiger partial charge in [-0.1, -0.05) is 36.4 Å². The zero-order valence-electron chi connectivity index (χ0n) is 20.5. The lowest BCUT2D eigenvalue weighted by Gasteiger charge is -2.11. The summed E-state index contributed by atoms with van der Waals surface area (Å²) in [5.41, 5.74) is 3.29. The van der Waals surface area contributed by atoms with E-state index in [2.05, 4.69) is 15.2 Å². The lowest BCUT2D eigenvalue weighted by molar-refractivity contribution is -0.113. The minimum absolute atomic E-state index is 0.0789. The first-order chi connectivity index (χ1) is 17.5. The van der Waals surface area contributed by atoms with Gasteiger partial charge in [0.1, 0.15) is 11.5 Å². The highest BCUT2D eigenvalue weighted by atomic mass is 32.2. The van der Waals surface area contributed by atoms with Crippen molar-refractivity contribution >= 4 is 40.2 Å². The first-order valence-electron chi connectivity index (χ1n) is 11.6. The van der Waals surface area contributed by atoms with Gasteiger partial charge in [-0.3, -0.25) is 9.59 Å². The maximum Gasteiger partial charge on any atom is 0.251 e. The second kappa shape index (κ2) is 11.7. The molecule has 0 saturated carbocycles. The van der Waals surface area contributed by atoms with Crippen molar-refractivity contribution < 1.29 is 19.1 Å². The van der Waals surface area contributed by atoms with Gasteiger partial charge in [-0.25, -0.2) is 0 Å². The van der Waals surface area contributed by atoms with Crippen molar-refractivity contribution in [1.29, 1.82) is 0 Å². The number of nitrogens with zero attached hydrogens (tertiary/aromatic N) is 1. The summed E-state index contributed by atoms with van der Waals surface area (Å²) >= 11 is 1.47. The number of aryl methyl sites for hydroxylation is 1. The summed E-state index contributed by atoms with van der Waals surface area (Å²) in [4.78, 5) is 26.2. The summed E-state index contributed by atoms with van der Waals surface area (Å²) in [5.74, 6) is 1.22. The van der Waals surface area contributed by atoms with Crippen LogP contribution in [0.4, 0.5) is 5.69 Å². The van der Waals surface area contributed by atoms with Crippen molar-refractivity contribution in [2.24, 2.45) is 0 Å². The van der Waals surface area contributed by atoms with E-state index in [1.807, 2.05) is 61.7 Å². The van der Waals surface area contributed by atoms with Crippen LogP contribution in [0.1, 0.15) is 15.9 Å². The quantitative estimate of drug-likeness (QED) is 0.293. The number of fused-ring (bicyclic) bond motifs is 1. The Morgan fingerprint density at radius 2 is 1.75 bits per heavy atom. The van der Waals surface area contributed by atoms with Gasteiger partial charge in [0.25, 0.3) is 5.91 Å². The van der Waals surface area contributed by atoms with Crippen LogP contribution in [0.25, 0.3) is 10.9 Å². The fourth-order valence-electron chi connectivity index (χ4n) is 3.96. The Bertz CT molecular complexity index is 1380. The minimum atomic E-state index is -0.134. The second-order valence-corrected chi connectivity index (χ2v) is 9.19.